The first-order valence-electron chi connectivity index (χ1n) is 8.43. The van der Waals surface area contributed by atoms with Crippen molar-refractivity contribution in [3.8, 4) is 11.5 Å². The van der Waals surface area contributed by atoms with Crippen molar-refractivity contribution in [2.24, 2.45) is 5.92 Å². The molecule has 6 nitrogen and oxygen atoms in total. The molecule has 1 aromatic rings. The summed E-state index contributed by atoms with van der Waals surface area (Å²) < 4.78 is 22.0. The third-order valence-electron chi connectivity index (χ3n) is 4.50. The van der Waals surface area contributed by atoms with Gasteiger partial charge in [0.2, 0.25) is 0 Å². The molecule has 1 aliphatic heterocycles. The number of amides is 1. The number of carbonyl (C=O) groups is 1. The Labute approximate surface area is 142 Å². The smallest absolute Gasteiger partial charge is 0.255 e. The highest BCUT2D eigenvalue weighted by Gasteiger charge is 2.31. The molecule has 2 unspecified atom stereocenters. The highest BCUT2D eigenvalue weighted by atomic mass is 16.5. The van der Waals surface area contributed by atoms with Crippen LogP contribution in [0.3, 0.4) is 0 Å². The summed E-state index contributed by atoms with van der Waals surface area (Å²) in [5.41, 5.74) is 0.448. The topological polar surface area (TPSA) is 66.0 Å². The molecule has 3 rings (SSSR count). The largest absolute Gasteiger partial charge is 0.497 e. The van der Waals surface area contributed by atoms with Gasteiger partial charge in [-0.1, -0.05) is 0 Å². The maximum absolute atomic E-state index is 12.7. The van der Waals surface area contributed by atoms with Crippen LogP contribution < -0.4 is 14.8 Å². The van der Waals surface area contributed by atoms with Gasteiger partial charge in [-0.25, -0.2) is 0 Å². The van der Waals surface area contributed by atoms with Gasteiger partial charge in [0, 0.05) is 13.2 Å². The van der Waals surface area contributed by atoms with Crippen molar-refractivity contribution < 1.29 is 23.7 Å². The molecule has 24 heavy (non-hydrogen) atoms. The first kappa shape index (κ1) is 17.0. The standard InChI is InChI=1S/C18H25NO5/c1-21-13-5-6-16(22-2)14(9-13)18(20)19-15-11-23-8-7-17(15)24-10-12-3-4-12/h5-6,9,12,15,17H,3-4,7-8,10-11H2,1-2H3,(H,19,20). The van der Waals surface area contributed by atoms with Crippen molar-refractivity contribution in [3.63, 3.8) is 0 Å². The van der Waals surface area contributed by atoms with Gasteiger partial charge < -0.3 is 24.3 Å². The molecule has 1 saturated carbocycles. The average Bonchev–Trinajstić information content (AvgIpc) is 3.44. The van der Waals surface area contributed by atoms with Crippen molar-refractivity contribution in [2.75, 3.05) is 34.0 Å². The number of hydrogen-bond acceptors (Lipinski definition) is 5. The Kier molecular flexibility index (Phi) is 5.58. The number of hydrogen-bond donors (Lipinski definition) is 1. The van der Waals surface area contributed by atoms with Crippen molar-refractivity contribution in [2.45, 2.75) is 31.4 Å². The fraction of sp³-hybridized carbons (Fsp3) is 0.611. The van der Waals surface area contributed by atoms with Crippen LogP contribution in [0.4, 0.5) is 0 Å². The zero-order valence-electron chi connectivity index (χ0n) is 14.2. The normalized spacial score (nSPS) is 23.6. The van der Waals surface area contributed by atoms with E-state index in [1.807, 2.05) is 0 Å². The highest BCUT2D eigenvalue weighted by molar-refractivity contribution is 5.97. The fourth-order valence-electron chi connectivity index (χ4n) is 2.83. The second-order valence-electron chi connectivity index (χ2n) is 6.32. The summed E-state index contributed by atoms with van der Waals surface area (Å²) in [5, 5.41) is 3.03. The predicted molar refractivity (Wildman–Crippen MR) is 88.7 cm³/mol. The average molecular weight is 335 g/mol. The van der Waals surface area contributed by atoms with Crippen LogP contribution in [-0.2, 0) is 9.47 Å². The third kappa shape index (κ3) is 4.19. The Hall–Kier alpha value is -1.79. The predicted octanol–water partition coefficient (Wildman–Crippen LogP) is 2.02. The van der Waals surface area contributed by atoms with Crippen LogP contribution in [0.5, 0.6) is 11.5 Å². The minimum Gasteiger partial charge on any atom is -0.497 e. The molecule has 2 atom stereocenters. The Morgan fingerprint density at radius 3 is 2.79 bits per heavy atom. The third-order valence-corrected chi connectivity index (χ3v) is 4.50. The lowest BCUT2D eigenvalue weighted by Gasteiger charge is -2.32. The van der Waals surface area contributed by atoms with Gasteiger partial charge in [-0.2, -0.15) is 0 Å². The fourth-order valence-corrected chi connectivity index (χ4v) is 2.83. The van der Waals surface area contributed by atoms with E-state index in [0.29, 0.717) is 36.2 Å². The van der Waals surface area contributed by atoms with Crippen LogP contribution in [0.15, 0.2) is 18.2 Å². The molecule has 1 aliphatic carbocycles. The van der Waals surface area contributed by atoms with Crippen LogP contribution >= 0.6 is 0 Å². The second-order valence-corrected chi connectivity index (χ2v) is 6.32. The van der Waals surface area contributed by atoms with Crippen LogP contribution in [-0.4, -0.2) is 52.1 Å². The van der Waals surface area contributed by atoms with Gasteiger partial charge >= 0.3 is 0 Å². The summed E-state index contributed by atoms with van der Waals surface area (Å²) in [6.45, 7) is 1.91. The monoisotopic (exact) mass is 335 g/mol. The molecule has 1 amide bonds. The molecule has 1 aromatic carbocycles. The summed E-state index contributed by atoms with van der Waals surface area (Å²) in [6, 6.07) is 5.02. The SMILES string of the molecule is COc1ccc(OC)c(C(=O)NC2COCCC2OCC2CC2)c1. The number of benzene rings is 1. The van der Waals surface area contributed by atoms with Gasteiger partial charge in [0.25, 0.3) is 5.91 Å². The Bertz CT molecular complexity index is 573. The molecule has 132 valence electrons. The molecule has 1 heterocycles. The molecule has 0 spiro atoms. The van der Waals surface area contributed by atoms with Crippen molar-refractivity contribution in [1.29, 1.82) is 0 Å². The van der Waals surface area contributed by atoms with Gasteiger partial charge in [-0.05, 0) is 43.4 Å². The maximum Gasteiger partial charge on any atom is 0.255 e. The molecule has 1 saturated heterocycles. The minimum absolute atomic E-state index is 0.0000901. The molecular formula is C18H25NO5. The molecule has 1 N–H and O–H groups in total. The van der Waals surface area contributed by atoms with Crippen molar-refractivity contribution >= 4 is 5.91 Å². The minimum atomic E-state index is -0.207. The number of ether oxygens (including phenoxy) is 4. The summed E-state index contributed by atoms with van der Waals surface area (Å²) in [6.07, 6.45) is 3.30. The number of methoxy groups -OCH3 is 2. The van der Waals surface area contributed by atoms with Crippen molar-refractivity contribution in [3.05, 3.63) is 23.8 Å². The quantitative estimate of drug-likeness (QED) is 0.826. The van der Waals surface area contributed by atoms with Crippen molar-refractivity contribution in [1.82, 2.24) is 5.32 Å². The maximum atomic E-state index is 12.7. The van der Waals surface area contributed by atoms with Gasteiger partial charge in [0.15, 0.2) is 0 Å². The molecule has 2 fully saturated rings. The molecule has 6 heteroatoms. The van der Waals surface area contributed by atoms with E-state index in [-0.39, 0.29) is 18.1 Å². The first-order chi connectivity index (χ1) is 11.7. The van der Waals surface area contributed by atoms with E-state index in [2.05, 4.69) is 5.32 Å². The van der Waals surface area contributed by atoms with E-state index in [4.69, 9.17) is 18.9 Å². The zero-order valence-corrected chi connectivity index (χ0v) is 14.2. The van der Waals surface area contributed by atoms with Gasteiger partial charge in [-0.15, -0.1) is 0 Å². The highest BCUT2D eigenvalue weighted by Crippen LogP contribution is 2.30. The summed E-state index contributed by atoms with van der Waals surface area (Å²) >= 11 is 0. The van der Waals surface area contributed by atoms with E-state index in [9.17, 15) is 4.79 Å². The molecule has 0 bridgehead atoms. The molecule has 0 radical (unpaired) electrons. The molecule has 2 aliphatic rings. The Balaban J connectivity index is 1.67. The lowest BCUT2D eigenvalue weighted by molar-refractivity contribution is -0.0567. The number of rotatable bonds is 7. The van der Waals surface area contributed by atoms with E-state index < -0.39 is 0 Å². The lowest BCUT2D eigenvalue weighted by atomic mass is 10.1. The summed E-state index contributed by atoms with van der Waals surface area (Å²) in [5.74, 6) is 1.62. The van der Waals surface area contributed by atoms with Gasteiger partial charge in [0.1, 0.15) is 11.5 Å². The lowest BCUT2D eigenvalue weighted by Crippen LogP contribution is -2.50. The molecular weight excluding hydrogens is 310 g/mol. The second kappa shape index (κ2) is 7.85. The summed E-state index contributed by atoms with van der Waals surface area (Å²) in [4.78, 5) is 12.7. The first-order valence-corrected chi connectivity index (χ1v) is 8.43. The zero-order chi connectivity index (χ0) is 16.9. The van der Waals surface area contributed by atoms with Crippen LogP contribution in [0.25, 0.3) is 0 Å². The Morgan fingerprint density at radius 1 is 1.25 bits per heavy atom. The van der Waals surface area contributed by atoms with E-state index in [0.717, 1.165) is 13.0 Å². The van der Waals surface area contributed by atoms with E-state index in [1.54, 1.807) is 32.4 Å². The van der Waals surface area contributed by atoms with E-state index in [1.165, 1.54) is 12.8 Å². The molecule has 0 aromatic heterocycles. The Morgan fingerprint density at radius 2 is 2.08 bits per heavy atom. The van der Waals surface area contributed by atoms with Crippen LogP contribution in [0, 0.1) is 5.92 Å². The van der Waals surface area contributed by atoms with E-state index >= 15 is 0 Å². The number of carbonyl (C=O) groups excluding carboxylic acids is 1. The summed E-state index contributed by atoms with van der Waals surface area (Å²) in [7, 11) is 3.12. The van der Waals surface area contributed by atoms with Crippen LogP contribution in [0.1, 0.15) is 29.6 Å². The van der Waals surface area contributed by atoms with Gasteiger partial charge in [-0.3, -0.25) is 4.79 Å². The van der Waals surface area contributed by atoms with Crippen LogP contribution in [0.2, 0.25) is 0 Å². The van der Waals surface area contributed by atoms with Gasteiger partial charge in [0.05, 0.1) is 38.5 Å². The number of nitrogens with one attached hydrogen (secondary N) is 1.